The number of morpholine rings is 1. The van der Waals surface area contributed by atoms with Crippen molar-refractivity contribution in [2.45, 2.75) is 45.4 Å². The lowest BCUT2D eigenvalue weighted by atomic mass is 10.2. The van der Waals surface area contributed by atoms with E-state index in [1.54, 1.807) is 22.8 Å². The number of hydrogen-bond acceptors (Lipinski definition) is 7. The first-order valence-corrected chi connectivity index (χ1v) is 12.9. The molecular weight excluding hydrogens is 502 g/mol. The third kappa shape index (κ3) is 5.53. The van der Waals surface area contributed by atoms with Crippen molar-refractivity contribution in [2.75, 3.05) is 30.3 Å². The summed E-state index contributed by atoms with van der Waals surface area (Å²) in [5.41, 5.74) is 0.609. The van der Waals surface area contributed by atoms with Crippen LogP contribution in [0.1, 0.15) is 38.3 Å². The van der Waals surface area contributed by atoms with E-state index in [1.807, 2.05) is 19.9 Å². The summed E-state index contributed by atoms with van der Waals surface area (Å²) in [6, 6.07) is 9.35. The molecular formula is C27H29N7O5. The quantitative estimate of drug-likeness (QED) is 0.495. The Kier molecular flexibility index (Phi) is 7.17. The van der Waals surface area contributed by atoms with Gasteiger partial charge in [0.15, 0.2) is 6.10 Å². The molecule has 3 heterocycles. The Morgan fingerprint density at radius 3 is 2.64 bits per heavy atom. The van der Waals surface area contributed by atoms with E-state index in [0.717, 1.165) is 12.8 Å². The molecule has 1 aliphatic carbocycles. The zero-order chi connectivity index (χ0) is 27.7. The van der Waals surface area contributed by atoms with Crippen LogP contribution in [0.5, 0.6) is 0 Å². The number of pyridine rings is 1. The predicted octanol–water partition coefficient (Wildman–Crippen LogP) is 2.29. The lowest BCUT2D eigenvalue weighted by molar-refractivity contribution is -0.131. The van der Waals surface area contributed by atoms with Gasteiger partial charge in [-0.15, -0.1) is 0 Å². The number of anilines is 2. The summed E-state index contributed by atoms with van der Waals surface area (Å²) < 4.78 is 8.48. The second-order valence-corrected chi connectivity index (χ2v) is 10.1. The predicted molar refractivity (Wildman–Crippen MR) is 143 cm³/mol. The van der Waals surface area contributed by atoms with Gasteiger partial charge in [-0.2, -0.15) is 5.26 Å². The summed E-state index contributed by atoms with van der Waals surface area (Å²) in [6.07, 6.45) is 2.45. The van der Waals surface area contributed by atoms with E-state index in [1.165, 1.54) is 27.8 Å². The Morgan fingerprint density at radius 2 is 1.97 bits per heavy atom. The zero-order valence-electron chi connectivity index (χ0n) is 21.7. The zero-order valence-corrected chi connectivity index (χ0v) is 21.7. The average Bonchev–Trinajstić information content (AvgIpc) is 3.76. The lowest BCUT2D eigenvalue weighted by Gasteiger charge is -2.32. The molecule has 1 aliphatic heterocycles. The van der Waals surface area contributed by atoms with Gasteiger partial charge in [-0.05, 0) is 62.9 Å². The minimum Gasteiger partial charge on any atom is -0.365 e. The number of fused-ring (bicyclic) bond motifs is 1. The first kappa shape index (κ1) is 26.1. The smallest absolute Gasteiger partial charge is 0.331 e. The Bertz CT molecular complexity index is 1580. The summed E-state index contributed by atoms with van der Waals surface area (Å²) in [7, 11) is 0. The first-order valence-electron chi connectivity index (χ1n) is 12.9. The van der Waals surface area contributed by atoms with E-state index in [2.05, 4.69) is 15.6 Å². The molecule has 5 rings (SSSR count). The van der Waals surface area contributed by atoms with E-state index >= 15 is 0 Å². The van der Waals surface area contributed by atoms with Crippen LogP contribution in [0.3, 0.4) is 0 Å². The van der Waals surface area contributed by atoms with E-state index in [-0.39, 0.29) is 42.8 Å². The number of nitrogens with zero attached hydrogens (tertiary/aromatic N) is 5. The van der Waals surface area contributed by atoms with Crippen LogP contribution in [0, 0.1) is 17.2 Å². The Morgan fingerprint density at radius 1 is 1.18 bits per heavy atom. The van der Waals surface area contributed by atoms with Gasteiger partial charge in [0, 0.05) is 31.0 Å². The summed E-state index contributed by atoms with van der Waals surface area (Å²) in [4.78, 5) is 57.6. The molecule has 12 nitrogen and oxygen atoms in total. The van der Waals surface area contributed by atoms with Gasteiger partial charge in [0.05, 0.1) is 29.6 Å². The molecule has 12 heteroatoms. The molecule has 2 aromatic heterocycles. The van der Waals surface area contributed by atoms with Crippen LogP contribution < -0.4 is 21.9 Å². The minimum absolute atomic E-state index is 0.0165. The van der Waals surface area contributed by atoms with Crippen molar-refractivity contribution in [3.05, 3.63) is 62.9 Å². The van der Waals surface area contributed by atoms with E-state index in [9.17, 15) is 19.2 Å². The molecule has 39 heavy (non-hydrogen) atoms. The van der Waals surface area contributed by atoms with Crippen molar-refractivity contribution in [1.29, 1.82) is 5.26 Å². The molecule has 0 bridgehead atoms. The fraction of sp³-hybridized carbons (Fsp3) is 0.407. The van der Waals surface area contributed by atoms with Crippen molar-refractivity contribution >= 4 is 34.3 Å². The normalized spacial score (nSPS) is 17.2. The molecule has 1 saturated heterocycles. The Hall–Kier alpha value is -4.50. The number of nitriles is 1. The Labute approximate surface area is 223 Å². The highest BCUT2D eigenvalue weighted by molar-refractivity contribution is 5.95. The molecule has 1 saturated carbocycles. The van der Waals surface area contributed by atoms with E-state index < -0.39 is 18.0 Å². The summed E-state index contributed by atoms with van der Waals surface area (Å²) >= 11 is 0. The standard InChI is InChI=1S/C27H29N7O5/c1-16(2)34-21-7-6-19(11-20(21)25(36)33(27(34)38)14-17-3-4-17)30-26(37)32-9-10-39-22(15-32)24(35)31-23-8-5-18(12-28)13-29-23/h5-8,11,13,16-17,22H,3-4,9-10,14-15H2,1-2H3,(H,30,37)(H,29,31,35). The van der Waals surface area contributed by atoms with Crippen LogP contribution in [0.2, 0.25) is 0 Å². The summed E-state index contributed by atoms with van der Waals surface area (Å²) in [5, 5.41) is 14.7. The molecule has 1 atom stereocenters. The van der Waals surface area contributed by atoms with Crippen molar-refractivity contribution in [3.8, 4) is 6.07 Å². The Balaban J connectivity index is 1.32. The van der Waals surface area contributed by atoms with Gasteiger partial charge >= 0.3 is 11.7 Å². The fourth-order valence-corrected chi connectivity index (χ4v) is 4.61. The van der Waals surface area contributed by atoms with Crippen molar-refractivity contribution in [1.82, 2.24) is 19.0 Å². The van der Waals surface area contributed by atoms with E-state index in [0.29, 0.717) is 34.6 Å². The average molecular weight is 532 g/mol. The third-order valence-corrected chi connectivity index (χ3v) is 6.86. The molecule has 1 unspecified atom stereocenters. The molecule has 0 radical (unpaired) electrons. The maximum absolute atomic E-state index is 13.3. The van der Waals surface area contributed by atoms with Gasteiger partial charge < -0.3 is 20.3 Å². The fourth-order valence-electron chi connectivity index (χ4n) is 4.61. The molecule has 3 aromatic rings. The van der Waals surface area contributed by atoms with Gasteiger partial charge in [-0.1, -0.05) is 0 Å². The molecule has 1 aromatic carbocycles. The monoisotopic (exact) mass is 531 g/mol. The van der Waals surface area contributed by atoms with Gasteiger partial charge in [0.25, 0.3) is 11.5 Å². The van der Waals surface area contributed by atoms with Gasteiger partial charge in [0.1, 0.15) is 11.9 Å². The number of carbonyl (C=O) groups excluding carboxylic acids is 2. The SMILES string of the molecule is CC(C)n1c(=O)n(CC2CC2)c(=O)c2cc(NC(=O)N3CCOC(C(=O)Nc4ccc(C#N)cn4)C3)ccc21. The minimum atomic E-state index is -0.909. The van der Waals surface area contributed by atoms with Crippen LogP contribution in [0.25, 0.3) is 10.9 Å². The number of hydrogen-bond donors (Lipinski definition) is 2. The number of rotatable bonds is 6. The van der Waals surface area contributed by atoms with Crippen molar-refractivity contribution < 1.29 is 14.3 Å². The molecule has 2 N–H and O–H groups in total. The van der Waals surface area contributed by atoms with Crippen molar-refractivity contribution in [2.24, 2.45) is 5.92 Å². The molecule has 2 aliphatic rings. The van der Waals surface area contributed by atoms with Gasteiger partial charge in [-0.25, -0.2) is 14.6 Å². The highest BCUT2D eigenvalue weighted by Gasteiger charge is 2.30. The first-order chi connectivity index (χ1) is 18.7. The number of nitrogens with one attached hydrogen (secondary N) is 2. The molecule has 3 amide bonds. The maximum Gasteiger partial charge on any atom is 0.331 e. The second kappa shape index (κ2) is 10.7. The topological polar surface area (TPSA) is 151 Å². The van der Waals surface area contributed by atoms with Crippen LogP contribution in [-0.2, 0) is 16.1 Å². The number of urea groups is 1. The van der Waals surface area contributed by atoms with Crippen LogP contribution in [0.4, 0.5) is 16.3 Å². The summed E-state index contributed by atoms with van der Waals surface area (Å²) in [5.74, 6) is 0.154. The van der Waals surface area contributed by atoms with E-state index in [4.69, 9.17) is 10.00 Å². The summed E-state index contributed by atoms with van der Waals surface area (Å²) in [6.45, 7) is 4.64. The number of benzene rings is 1. The van der Waals surface area contributed by atoms with Crippen molar-refractivity contribution in [3.63, 3.8) is 0 Å². The number of carbonyl (C=O) groups is 2. The maximum atomic E-state index is 13.3. The second-order valence-electron chi connectivity index (χ2n) is 10.1. The largest absolute Gasteiger partial charge is 0.365 e. The third-order valence-electron chi connectivity index (χ3n) is 6.86. The van der Waals surface area contributed by atoms with Crippen LogP contribution in [-0.4, -0.2) is 56.8 Å². The van der Waals surface area contributed by atoms with Gasteiger partial charge in [-0.3, -0.25) is 18.7 Å². The number of aromatic nitrogens is 3. The van der Waals surface area contributed by atoms with Crippen LogP contribution in [0.15, 0.2) is 46.1 Å². The number of ether oxygens (including phenoxy) is 1. The number of amides is 3. The molecule has 202 valence electrons. The van der Waals surface area contributed by atoms with Crippen LogP contribution >= 0.6 is 0 Å². The molecule has 2 fully saturated rings. The lowest BCUT2D eigenvalue weighted by Crippen LogP contribution is -2.51. The highest BCUT2D eigenvalue weighted by Crippen LogP contribution is 2.30. The highest BCUT2D eigenvalue weighted by atomic mass is 16.5. The van der Waals surface area contributed by atoms with Gasteiger partial charge in [0.2, 0.25) is 0 Å². The molecule has 0 spiro atoms.